The molecule has 0 aromatic heterocycles. The second kappa shape index (κ2) is 10.6. The molecule has 31 heavy (non-hydrogen) atoms. The molecule has 3 rings (SSSR count). The summed E-state index contributed by atoms with van der Waals surface area (Å²) < 4.78 is 24.3. The molecule has 0 saturated heterocycles. The molecule has 6 heteroatoms. The van der Waals surface area contributed by atoms with Gasteiger partial charge in [0.2, 0.25) is 0 Å². The van der Waals surface area contributed by atoms with E-state index in [4.69, 9.17) is 9.47 Å². The Balaban J connectivity index is 1.64. The van der Waals surface area contributed by atoms with E-state index in [2.05, 4.69) is 5.32 Å². The van der Waals surface area contributed by atoms with E-state index in [9.17, 15) is 14.4 Å². The summed E-state index contributed by atoms with van der Waals surface area (Å²) in [4.78, 5) is 12.5. The third kappa shape index (κ3) is 6.44. The molecule has 0 fully saturated rings. The van der Waals surface area contributed by atoms with E-state index >= 15 is 0 Å². The maximum absolute atomic E-state index is 13.2. The van der Waals surface area contributed by atoms with Crippen molar-refractivity contribution in [1.82, 2.24) is 0 Å². The summed E-state index contributed by atoms with van der Waals surface area (Å²) in [6.45, 7) is 2.63. The molecule has 0 unspecified atom stereocenters. The fourth-order valence-electron chi connectivity index (χ4n) is 2.80. The van der Waals surface area contributed by atoms with Crippen molar-refractivity contribution in [2.24, 2.45) is 0 Å². The average Bonchev–Trinajstić information content (AvgIpc) is 2.77. The molecule has 0 aliphatic rings. The quantitative estimate of drug-likeness (QED) is 0.397. The monoisotopic (exact) mass is 416 g/mol. The van der Waals surface area contributed by atoms with Crippen LogP contribution >= 0.6 is 0 Å². The van der Waals surface area contributed by atoms with Crippen molar-refractivity contribution in [1.29, 1.82) is 5.26 Å². The van der Waals surface area contributed by atoms with Crippen molar-refractivity contribution in [3.8, 4) is 17.6 Å². The number of hydrogen-bond acceptors (Lipinski definition) is 4. The maximum atomic E-state index is 13.2. The summed E-state index contributed by atoms with van der Waals surface area (Å²) >= 11 is 0. The number of anilines is 1. The van der Waals surface area contributed by atoms with Crippen molar-refractivity contribution in [2.45, 2.75) is 13.5 Å². The van der Waals surface area contributed by atoms with E-state index in [1.807, 2.05) is 13.0 Å². The number of carbonyl (C=O) groups excluding carboxylic acids is 1. The topological polar surface area (TPSA) is 71.3 Å². The van der Waals surface area contributed by atoms with Gasteiger partial charge in [0.15, 0.2) is 0 Å². The predicted molar refractivity (Wildman–Crippen MR) is 117 cm³/mol. The number of rotatable bonds is 8. The molecule has 3 aromatic carbocycles. The van der Waals surface area contributed by atoms with Gasteiger partial charge in [0.1, 0.15) is 35.6 Å². The number of nitriles is 1. The van der Waals surface area contributed by atoms with Gasteiger partial charge in [-0.3, -0.25) is 4.79 Å². The van der Waals surface area contributed by atoms with Gasteiger partial charge >= 0.3 is 0 Å². The Morgan fingerprint density at radius 1 is 1.03 bits per heavy atom. The Hall–Kier alpha value is -4.11. The highest BCUT2D eigenvalue weighted by molar-refractivity contribution is 6.09. The Bertz CT molecular complexity index is 1120. The Labute approximate surface area is 180 Å². The van der Waals surface area contributed by atoms with Gasteiger partial charge in [-0.1, -0.05) is 30.3 Å². The van der Waals surface area contributed by atoms with E-state index in [-0.39, 0.29) is 18.0 Å². The maximum Gasteiger partial charge on any atom is 0.266 e. The molecule has 0 aliphatic carbocycles. The van der Waals surface area contributed by atoms with Crippen LogP contribution in [0.3, 0.4) is 0 Å². The molecule has 1 N–H and O–H groups in total. The first kappa shape index (κ1) is 21.6. The molecule has 0 saturated carbocycles. The fourth-order valence-corrected chi connectivity index (χ4v) is 2.80. The summed E-state index contributed by atoms with van der Waals surface area (Å²) in [6.07, 6.45) is 1.50. The molecule has 3 aromatic rings. The standard InChI is InChI=1S/C25H21FN2O3/c1-2-30-24-8-4-7-22(15-24)28-25(29)20(16-27)13-18-9-11-23(12-10-18)31-17-19-5-3-6-21(26)14-19/h3-15H,2,17H2,1H3,(H,28,29)/b20-13-. The zero-order valence-corrected chi connectivity index (χ0v) is 17.0. The zero-order valence-electron chi connectivity index (χ0n) is 17.0. The highest BCUT2D eigenvalue weighted by Crippen LogP contribution is 2.19. The minimum Gasteiger partial charge on any atom is -0.494 e. The lowest BCUT2D eigenvalue weighted by atomic mass is 10.1. The second-order valence-electron chi connectivity index (χ2n) is 6.57. The van der Waals surface area contributed by atoms with Gasteiger partial charge in [-0.25, -0.2) is 4.39 Å². The summed E-state index contributed by atoms with van der Waals surface area (Å²) in [5.41, 5.74) is 1.90. The van der Waals surface area contributed by atoms with Crippen LogP contribution in [0, 0.1) is 17.1 Å². The number of ether oxygens (including phenoxy) is 2. The molecule has 0 bridgehead atoms. The minimum atomic E-state index is -0.512. The molecule has 0 radical (unpaired) electrons. The van der Waals surface area contributed by atoms with Crippen LogP contribution in [-0.4, -0.2) is 12.5 Å². The van der Waals surface area contributed by atoms with Crippen LogP contribution in [0.25, 0.3) is 6.08 Å². The summed E-state index contributed by atoms with van der Waals surface area (Å²) in [7, 11) is 0. The van der Waals surface area contributed by atoms with Crippen LogP contribution in [0.15, 0.2) is 78.4 Å². The first-order valence-electron chi connectivity index (χ1n) is 9.70. The SMILES string of the molecule is CCOc1cccc(NC(=O)/C(C#N)=C\c2ccc(OCc3cccc(F)c3)cc2)c1. The van der Waals surface area contributed by atoms with Crippen LogP contribution < -0.4 is 14.8 Å². The molecule has 0 heterocycles. The number of nitrogens with one attached hydrogen (secondary N) is 1. The number of hydrogen-bond donors (Lipinski definition) is 1. The van der Waals surface area contributed by atoms with Crippen LogP contribution in [0.2, 0.25) is 0 Å². The number of nitrogens with zero attached hydrogens (tertiary/aromatic N) is 1. The van der Waals surface area contributed by atoms with E-state index in [1.54, 1.807) is 60.7 Å². The van der Waals surface area contributed by atoms with Crippen molar-refractivity contribution >= 4 is 17.7 Å². The van der Waals surface area contributed by atoms with Gasteiger partial charge in [0, 0.05) is 11.8 Å². The smallest absolute Gasteiger partial charge is 0.266 e. The normalized spacial score (nSPS) is 10.8. The van der Waals surface area contributed by atoms with Crippen LogP contribution in [-0.2, 0) is 11.4 Å². The number of amides is 1. The molecule has 0 atom stereocenters. The lowest BCUT2D eigenvalue weighted by Crippen LogP contribution is -2.13. The predicted octanol–water partition coefficient (Wildman–Crippen LogP) is 5.35. The van der Waals surface area contributed by atoms with Crippen LogP contribution in [0.1, 0.15) is 18.1 Å². The molecule has 0 aliphatic heterocycles. The van der Waals surface area contributed by atoms with Crippen molar-refractivity contribution in [2.75, 3.05) is 11.9 Å². The largest absolute Gasteiger partial charge is 0.494 e. The minimum absolute atomic E-state index is 0.0322. The van der Waals surface area contributed by atoms with E-state index in [0.29, 0.717) is 29.4 Å². The van der Waals surface area contributed by atoms with Crippen LogP contribution in [0.5, 0.6) is 11.5 Å². The third-order valence-electron chi connectivity index (χ3n) is 4.25. The second-order valence-corrected chi connectivity index (χ2v) is 6.57. The van der Waals surface area contributed by atoms with Gasteiger partial charge in [-0.2, -0.15) is 5.26 Å². The molecule has 0 spiro atoms. The average molecular weight is 416 g/mol. The molecular formula is C25H21FN2O3. The first-order valence-corrected chi connectivity index (χ1v) is 9.70. The molecule has 1 amide bonds. The lowest BCUT2D eigenvalue weighted by Gasteiger charge is -2.08. The zero-order chi connectivity index (χ0) is 22.1. The Morgan fingerprint density at radius 2 is 1.81 bits per heavy atom. The highest BCUT2D eigenvalue weighted by atomic mass is 19.1. The van der Waals surface area contributed by atoms with Gasteiger partial charge in [-0.05, 0) is 60.5 Å². The molecular weight excluding hydrogens is 395 g/mol. The van der Waals surface area contributed by atoms with Crippen molar-refractivity contribution in [3.63, 3.8) is 0 Å². The summed E-state index contributed by atoms with van der Waals surface area (Å²) in [5, 5.41) is 12.1. The Kier molecular flexibility index (Phi) is 7.39. The number of carbonyl (C=O) groups is 1. The number of benzene rings is 3. The van der Waals surface area contributed by atoms with E-state index in [1.165, 1.54) is 18.2 Å². The van der Waals surface area contributed by atoms with Gasteiger partial charge < -0.3 is 14.8 Å². The van der Waals surface area contributed by atoms with Gasteiger partial charge in [0.05, 0.1) is 6.61 Å². The van der Waals surface area contributed by atoms with Crippen molar-refractivity contribution in [3.05, 3.63) is 95.3 Å². The van der Waals surface area contributed by atoms with Gasteiger partial charge in [-0.15, -0.1) is 0 Å². The third-order valence-corrected chi connectivity index (χ3v) is 4.25. The van der Waals surface area contributed by atoms with Gasteiger partial charge in [0.25, 0.3) is 5.91 Å². The van der Waals surface area contributed by atoms with E-state index in [0.717, 1.165) is 5.56 Å². The molecule has 156 valence electrons. The number of halogens is 1. The lowest BCUT2D eigenvalue weighted by molar-refractivity contribution is -0.112. The first-order chi connectivity index (χ1) is 15.1. The fraction of sp³-hybridized carbons (Fsp3) is 0.120. The van der Waals surface area contributed by atoms with Crippen molar-refractivity contribution < 1.29 is 18.7 Å². The van der Waals surface area contributed by atoms with Crippen LogP contribution in [0.4, 0.5) is 10.1 Å². The summed E-state index contributed by atoms with van der Waals surface area (Å²) in [5.74, 6) is 0.407. The summed E-state index contributed by atoms with van der Waals surface area (Å²) in [6, 6.07) is 22.0. The molecule has 5 nitrogen and oxygen atoms in total. The highest BCUT2D eigenvalue weighted by Gasteiger charge is 2.10. The Morgan fingerprint density at radius 3 is 2.52 bits per heavy atom. The van der Waals surface area contributed by atoms with E-state index < -0.39 is 5.91 Å².